The number of thioether (sulfide) groups is 1. The number of H-pyrrole nitrogens is 1. The predicted octanol–water partition coefficient (Wildman–Crippen LogP) is 3.93. The van der Waals surface area contributed by atoms with Gasteiger partial charge in [0.25, 0.3) is 5.91 Å². The van der Waals surface area contributed by atoms with Gasteiger partial charge in [-0.25, -0.2) is 4.98 Å². The van der Waals surface area contributed by atoms with E-state index in [2.05, 4.69) is 15.2 Å². The summed E-state index contributed by atoms with van der Waals surface area (Å²) in [5.41, 5.74) is 2.83. The zero-order valence-corrected chi connectivity index (χ0v) is 18.3. The number of rotatable bonds is 9. The van der Waals surface area contributed by atoms with E-state index < -0.39 is 0 Å². The minimum atomic E-state index is 0.00718. The van der Waals surface area contributed by atoms with Gasteiger partial charge in [0, 0.05) is 31.0 Å². The maximum Gasteiger partial charge on any atom is 0.254 e. The van der Waals surface area contributed by atoms with Gasteiger partial charge in [0.1, 0.15) is 12.1 Å². The number of carbonyl (C=O) groups excluding carboxylic acids is 1. The minimum absolute atomic E-state index is 0.00718. The summed E-state index contributed by atoms with van der Waals surface area (Å²) in [4.78, 5) is 19.4. The Morgan fingerprint density at radius 2 is 2.13 bits per heavy atom. The highest BCUT2D eigenvalue weighted by atomic mass is 32.2. The number of nitrogens with one attached hydrogen (secondary N) is 1. The Morgan fingerprint density at radius 1 is 1.26 bits per heavy atom. The lowest BCUT2D eigenvalue weighted by Crippen LogP contribution is -2.37. The smallest absolute Gasteiger partial charge is 0.254 e. The van der Waals surface area contributed by atoms with E-state index in [4.69, 9.17) is 9.47 Å². The summed E-state index contributed by atoms with van der Waals surface area (Å²) in [6.45, 7) is 1.86. The Labute approximate surface area is 186 Å². The van der Waals surface area contributed by atoms with Crippen LogP contribution in [0.2, 0.25) is 0 Å². The molecule has 1 aliphatic heterocycles. The maximum atomic E-state index is 13.4. The molecule has 0 aliphatic carbocycles. The second-order valence-electron chi connectivity index (χ2n) is 7.45. The summed E-state index contributed by atoms with van der Waals surface area (Å²) in [6, 6.07) is 15.6. The van der Waals surface area contributed by atoms with Crippen LogP contribution in [0.4, 0.5) is 0 Å². The molecule has 1 aliphatic rings. The predicted molar refractivity (Wildman–Crippen MR) is 119 cm³/mol. The van der Waals surface area contributed by atoms with Gasteiger partial charge in [-0.3, -0.25) is 9.89 Å². The summed E-state index contributed by atoms with van der Waals surface area (Å²) >= 11 is 1.57. The monoisotopic (exact) mass is 438 g/mol. The number of benzene rings is 2. The van der Waals surface area contributed by atoms with Crippen molar-refractivity contribution < 1.29 is 14.3 Å². The van der Waals surface area contributed by atoms with Crippen LogP contribution in [0.3, 0.4) is 0 Å². The molecule has 1 atom stereocenters. The normalized spacial score (nSPS) is 15.7. The van der Waals surface area contributed by atoms with E-state index in [1.807, 2.05) is 53.4 Å². The number of ether oxygens (including phenoxy) is 2. The van der Waals surface area contributed by atoms with Gasteiger partial charge in [-0.15, -0.1) is 0 Å². The molecule has 31 heavy (non-hydrogen) atoms. The SMILES string of the molecule is COc1cccc(CN(CC2CCCO2)C(=O)c2ccc(CSc3ncn[nH]3)cc2)c1. The van der Waals surface area contributed by atoms with E-state index in [1.54, 1.807) is 18.9 Å². The van der Waals surface area contributed by atoms with E-state index >= 15 is 0 Å². The molecule has 1 aromatic heterocycles. The molecule has 0 spiro atoms. The van der Waals surface area contributed by atoms with Crippen molar-refractivity contribution in [3.8, 4) is 5.75 Å². The lowest BCUT2D eigenvalue weighted by molar-refractivity contribution is 0.0507. The van der Waals surface area contributed by atoms with Crippen molar-refractivity contribution >= 4 is 17.7 Å². The van der Waals surface area contributed by atoms with Crippen molar-refractivity contribution in [3.05, 3.63) is 71.5 Å². The molecule has 0 saturated carbocycles. The fourth-order valence-corrected chi connectivity index (χ4v) is 4.32. The summed E-state index contributed by atoms with van der Waals surface area (Å²) in [7, 11) is 1.65. The zero-order chi connectivity index (χ0) is 21.5. The van der Waals surface area contributed by atoms with Crippen LogP contribution in [0.25, 0.3) is 0 Å². The van der Waals surface area contributed by atoms with Crippen molar-refractivity contribution in [2.45, 2.75) is 36.4 Å². The Morgan fingerprint density at radius 3 is 2.84 bits per heavy atom. The molecule has 8 heteroatoms. The van der Waals surface area contributed by atoms with Gasteiger partial charge >= 0.3 is 0 Å². The molecule has 0 radical (unpaired) electrons. The minimum Gasteiger partial charge on any atom is -0.497 e. The molecular formula is C23H26N4O3S. The average molecular weight is 439 g/mol. The third kappa shape index (κ3) is 5.86. The van der Waals surface area contributed by atoms with Gasteiger partial charge < -0.3 is 14.4 Å². The van der Waals surface area contributed by atoms with E-state index in [0.717, 1.165) is 47.2 Å². The lowest BCUT2D eigenvalue weighted by atomic mass is 10.1. The quantitative estimate of drug-likeness (QED) is 0.510. The number of carbonyl (C=O) groups is 1. The van der Waals surface area contributed by atoms with Gasteiger partial charge in [-0.1, -0.05) is 36.0 Å². The number of methoxy groups -OCH3 is 1. The number of aromatic amines is 1. The Balaban J connectivity index is 1.46. The third-order valence-corrected chi connectivity index (χ3v) is 6.16. The molecule has 1 fully saturated rings. The molecule has 1 N–H and O–H groups in total. The van der Waals surface area contributed by atoms with Gasteiger partial charge in [0.2, 0.25) is 0 Å². The van der Waals surface area contributed by atoms with Crippen LogP contribution >= 0.6 is 11.8 Å². The molecule has 4 rings (SSSR count). The van der Waals surface area contributed by atoms with E-state index in [9.17, 15) is 4.79 Å². The van der Waals surface area contributed by atoms with E-state index in [-0.39, 0.29) is 12.0 Å². The highest BCUT2D eigenvalue weighted by molar-refractivity contribution is 7.98. The van der Waals surface area contributed by atoms with Gasteiger partial charge in [0.05, 0.1) is 13.2 Å². The number of hydrogen-bond acceptors (Lipinski definition) is 6. The average Bonchev–Trinajstić information content (AvgIpc) is 3.52. The van der Waals surface area contributed by atoms with Crippen molar-refractivity contribution in [2.75, 3.05) is 20.3 Å². The first-order chi connectivity index (χ1) is 15.2. The molecular weight excluding hydrogens is 412 g/mol. The van der Waals surface area contributed by atoms with Crippen LogP contribution in [0.15, 0.2) is 60.0 Å². The first-order valence-electron chi connectivity index (χ1n) is 10.3. The highest BCUT2D eigenvalue weighted by Crippen LogP contribution is 2.21. The van der Waals surface area contributed by atoms with Crippen molar-refractivity contribution in [2.24, 2.45) is 0 Å². The molecule has 7 nitrogen and oxygen atoms in total. The Hall–Kier alpha value is -2.84. The summed E-state index contributed by atoms with van der Waals surface area (Å²) in [5, 5.41) is 7.47. The topological polar surface area (TPSA) is 80.3 Å². The largest absolute Gasteiger partial charge is 0.497 e. The van der Waals surface area contributed by atoms with Gasteiger partial charge in [-0.2, -0.15) is 5.10 Å². The van der Waals surface area contributed by atoms with Gasteiger partial charge in [-0.05, 0) is 48.2 Å². The number of amides is 1. The molecule has 2 heterocycles. The molecule has 1 amide bonds. The van der Waals surface area contributed by atoms with Crippen molar-refractivity contribution in [3.63, 3.8) is 0 Å². The second kappa shape index (κ2) is 10.5. The first kappa shape index (κ1) is 21.4. The van der Waals surface area contributed by atoms with Crippen LogP contribution in [0.1, 0.15) is 34.3 Å². The molecule has 1 unspecified atom stereocenters. The molecule has 1 saturated heterocycles. The molecule has 0 bridgehead atoms. The number of nitrogens with zero attached hydrogens (tertiary/aromatic N) is 3. The Bertz CT molecular complexity index is 973. The molecule has 2 aromatic carbocycles. The van der Waals surface area contributed by atoms with Crippen LogP contribution in [-0.2, 0) is 17.0 Å². The highest BCUT2D eigenvalue weighted by Gasteiger charge is 2.24. The second-order valence-corrected chi connectivity index (χ2v) is 8.41. The van der Waals surface area contributed by atoms with Crippen LogP contribution in [-0.4, -0.2) is 52.4 Å². The van der Waals surface area contributed by atoms with E-state index in [0.29, 0.717) is 18.7 Å². The van der Waals surface area contributed by atoms with E-state index in [1.165, 1.54) is 6.33 Å². The number of aromatic nitrogens is 3. The standard InChI is InChI=1S/C23H26N4O3S/c1-29-20-5-2-4-18(12-20)13-27(14-21-6-3-11-30-21)22(28)19-9-7-17(8-10-19)15-31-23-24-16-25-26-23/h2,4-5,7-10,12,16,21H,3,6,11,13-15H2,1H3,(H,24,25,26). The summed E-state index contributed by atoms with van der Waals surface area (Å²) in [6.07, 6.45) is 3.62. The van der Waals surface area contributed by atoms with Gasteiger partial charge in [0.15, 0.2) is 5.16 Å². The summed E-state index contributed by atoms with van der Waals surface area (Å²) in [5.74, 6) is 1.55. The first-order valence-corrected chi connectivity index (χ1v) is 11.3. The fraction of sp³-hybridized carbons (Fsp3) is 0.348. The zero-order valence-electron chi connectivity index (χ0n) is 17.5. The fourth-order valence-electron chi connectivity index (χ4n) is 3.59. The Kier molecular flexibility index (Phi) is 7.22. The van der Waals surface area contributed by atoms with Crippen LogP contribution < -0.4 is 4.74 Å². The van der Waals surface area contributed by atoms with Crippen molar-refractivity contribution in [1.82, 2.24) is 20.1 Å². The third-order valence-electron chi connectivity index (χ3n) is 5.21. The number of hydrogen-bond donors (Lipinski definition) is 1. The van der Waals surface area contributed by atoms with Crippen molar-refractivity contribution in [1.29, 1.82) is 0 Å². The maximum absolute atomic E-state index is 13.4. The van der Waals surface area contributed by atoms with Crippen LogP contribution in [0.5, 0.6) is 5.75 Å². The molecule has 3 aromatic rings. The summed E-state index contributed by atoms with van der Waals surface area (Å²) < 4.78 is 11.1. The lowest BCUT2D eigenvalue weighted by Gasteiger charge is -2.26. The molecule has 162 valence electrons. The van der Waals surface area contributed by atoms with Crippen LogP contribution in [0, 0.1) is 0 Å².